The van der Waals surface area contributed by atoms with E-state index in [1.165, 1.54) is 0 Å². The van der Waals surface area contributed by atoms with Crippen molar-refractivity contribution >= 4 is 27.7 Å². The maximum atomic E-state index is 12.6. The van der Waals surface area contributed by atoms with E-state index in [0.29, 0.717) is 23.2 Å². The molecular weight excluding hydrogens is 320 g/mol. The van der Waals surface area contributed by atoms with Crippen molar-refractivity contribution in [3.8, 4) is 0 Å². The average Bonchev–Trinajstić information content (AvgIpc) is 2.46. The van der Waals surface area contributed by atoms with Crippen molar-refractivity contribution in [1.82, 2.24) is 9.88 Å². The molecule has 3 N–H and O–H groups in total. The molecule has 2 rings (SSSR count). The molecule has 6 heteroatoms. The van der Waals surface area contributed by atoms with E-state index in [0.717, 1.165) is 30.4 Å². The molecule has 5 nitrogen and oxygen atoms in total. The highest BCUT2D eigenvalue weighted by Crippen LogP contribution is 2.26. The van der Waals surface area contributed by atoms with Crippen LogP contribution in [0.3, 0.4) is 0 Å². The molecule has 1 amide bonds. The van der Waals surface area contributed by atoms with Gasteiger partial charge in [-0.05, 0) is 46.7 Å². The molecule has 0 saturated carbocycles. The van der Waals surface area contributed by atoms with Crippen LogP contribution < -0.4 is 11.3 Å². The molecule has 0 aliphatic carbocycles. The number of carbonyl (C=O) groups is 1. The number of nitrogens with two attached hydrogens (primary N) is 1. The van der Waals surface area contributed by atoms with Crippen molar-refractivity contribution < 1.29 is 4.79 Å². The molecule has 0 atom stereocenters. The van der Waals surface area contributed by atoms with Gasteiger partial charge in [0.25, 0.3) is 5.91 Å². The molecule has 1 aromatic heterocycles. The molecule has 0 unspecified atom stereocenters. The largest absolute Gasteiger partial charge is 0.339 e. The number of hydrogen-bond donors (Lipinski definition) is 2. The number of amides is 1. The van der Waals surface area contributed by atoms with Crippen molar-refractivity contribution in [3.05, 3.63) is 22.3 Å². The molecule has 20 heavy (non-hydrogen) atoms. The van der Waals surface area contributed by atoms with Crippen LogP contribution in [0.15, 0.2) is 16.7 Å². The van der Waals surface area contributed by atoms with E-state index in [1.807, 2.05) is 4.90 Å². The maximum Gasteiger partial charge on any atom is 0.257 e. The van der Waals surface area contributed by atoms with E-state index in [1.54, 1.807) is 12.3 Å². The number of nitrogens with zero attached hydrogens (tertiary/aromatic N) is 2. The summed E-state index contributed by atoms with van der Waals surface area (Å²) in [6.45, 7) is 6.10. The second kappa shape index (κ2) is 6.54. The van der Waals surface area contributed by atoms with Crippen LogP contribution in [-0.2, 0) is 0 Å². The maximum absolute atomic E-state index is 12.6. The Morgan fingerprint density at radius 3 is 2.70 bits per heavy atom. The lowest BCUT2D eigenvalue weighted by atomic mass is 9.86. The van der Waals surface area contributed by atoms with Gasteiger partial charge < -0.3 is 10.3 Å². The van der Waals surface area contributed by atoms with Gasteiger partial charge in [0.15, 0.2) is 5.82 Å². The van der Waals surface area contributed by atoms with Gasteiger partial charge in [0.05, 0.1) is 5.56 Å². The first-order valence-corrected chi connectivity index (χ1v) is 7.73. The van der Waals surface area contributed by atoms with Crippen molar-refractivity contribution in [1.29, 1.82) is 0 Å². The number of hydrogen-bond acceptors (Lipinski definition) is 4. The summed E-state index contributed by atoms with van der Waals surface area (Å²) in [5.74, 6) is 7.24. The molecule has 0 spiro atoms. The van der Waals surface area contributed by atoms with Gasteiger partial charge in [-0.1, -0.05) is 13.8 Å². The quantitative estimate of drug-likeness (QED) is 0.655. The second-order valence-corrected chi connectivity index (χ2v) is 6.48. The van der Waals surface area contributed by atoms with Crippen LogP contribution in [0.1, 0.15) is 37.0 Å². The summed E-state index contributed by atoms with van der Waals surface area (Å²) in [4.78, 5) is 18.6. The van der Waals surface area contributed by atoms with Gasteiger partial charge in [-0.2, -0.15) is 0 Å². The molecule has 0 radical (unpaired) electrons. The Balaban J connectivity index is 2.11. The standard InChI is InChI=1S/C14H21BrN4O/c1-9(2)10-3-5-19(6-4-10)14(20)12-7-11(15)8-17-13(12)18-16/h7-10H,3-6,16H2,1-2H3,(H,17,18). The summed E-state index contributed by atoms with van der Waals surface area (Å²) < 4.78 is 0.775. The molecule has 1 aliphatic heterocycles. The topological polar surface area (TPSA) is 71.2 Å². The zero-order valence-corrected chi connectivity index (χ0v) is 13.5. The highest BCUT2D eigenvalue weighted by atomic mass is 79.9. The predicted octanol–water partition coefficient (Wildman–Crippen LogP) is 2.64. The summed E-state index contributed by atoms with van der Waals surface area (Å²) in [6, 6.07) is 1.76. The van der Waals surface area contributed by atoms with E-state index in [2.05, 4.69) is 40.2 Å². The first kappa shape index (κ1) is 15.3. The Bertz CT molecular complexity index is 484. The average molecular weight is 341 g/mol. The Morgan fingerprint density at radius 1 is 1.50 bits per heavy atom. The van der Waals surface area contributed by atoms with Gasteiger partial charge in [0.2, 0.25) is 0 Å². The number of piperidine rings is 1. The number of aromatic nitrogens is 1. The zero-order valence-electron chi connectivity index (χ0n) is 11.9. The Kier molecular flexibility index (Phi) is 4.99. The normalized spacial score (nSPS) is 16.6. The number of nitrogen functional groups attached to an aromatic ring is 1. The van der Waals surface area contributed by atoms with Crippen LogP contribution in [-0.4, -0.2) is 28.9 Å². The Hall–Kier alpha value is -1.14. The van der Waals surface area contributed by atoms with Gasteiger partial charge in [-0.3, -0.25) is 4.79 Å². The minimum Gasteiger partial charge on any atom is -0.339 e. The fraction of sp³-hybridized carbons (Fsp3) is 0.571. The van der Waals surface area contributed by atoms with Gasteiger partial charge in [0.1, 0.15) is 0 Å². The molecule has 0 bridgehead atoms. The monoisotopic (exact) mass is 340 g/mol. The van der Waals surface area contributed by atoms with Crippen LogP contribution in [0.25, 0.3) is 0 Å². The summed E-state index contributed by atoms with van der Waals surface area (Å²) in [6.07, 6.45) is 3.75. The highest BCUT2D eigenvalue weighted by molar-refractivity contribution is 9.10. The molecule has 1 aromatic rings. The lowest BCUT2D eigenvalue weighted by Gasteiger charge is -2.34. The van der Waals surface area contributed by atoms with Crippen molar-refractivity contribution in [2.75, 3.05) is 18.5 Å². The van der Waals surface area contributed by atoms with Crippen LogP contribution >= 0.6 is 15.9 Å². The van der Waals surface area contributed by atoms with Crippen LogP contribution in [0, 0.1) is 11.8 Å². The number of anilines is 1. The minimum absolute atomic E-state index is 0.00560. The lowest BCUT2D eigenvalue weighted by molar-refractivity contribution is 0.0668. The number of halogens is 1. The molecule has 110 valence electrons. The fourth-order valence-electron chi connectivity index (χ4n) is 2.66. The Labute approximate surface area is 128 Å². The summed E-state index contributed by atoms with van der Waals surface area (Å²) >= 11 is 3.34. The van der Waals surface area contributed by atoms with Gasteiger partial charge in [0, 0.05) is 23.8 Å². The molecule has 0 aromatic carbocycles. The highest BCUT2D eigenvalue weighted by Gasteiger charge is 2.26. The van der Waals surface area contributed by atoms with Gasteiger partial charge >= 0.3 is 0 Å². The fourth-order valence-corrected chi connectivity index (χ4v) is 2.99. The van der Waals surface area contributed by atoms with E-state index in [9.17, 15) is 4.79 Å². The third-order valence-corrected chi connectivity index (χ3v) is 4.42. The van der Waals surface area contributed by atoms with E-state index < -0.39 is 0 Å². The number of hydrazine groups is 1. The summed E-state index contributed by atoms with van der Waals surface area (Å²) in [7, 11) is 0. The van der Waals surface area contributed by atoms with Crippen LogP contribution in [0.2, 0.25) is 0 Å². The second-order valence-electron chi connectivity index (χ2n) is 5.57. The van der Waals surface area contributed by atoms with Crippen LogP contribution in [0.5, 0.6) is 0 Å². The van der Waals surface area contributed by atoms with Gasteiger partial charge in [-0.25, -0.2) is 10.8 Å². The smallest absolute Gasteiger partial charge is 0.257 e. The molecule has 1 fully saturated rings. The van der Waals surface area contributed by atoms with E-state index >= 15 is 0 Å². The molecule has 2 heterocycles. The lowest BCUT2D eigenvalue weighted by Crippen LogP contribution is -2.40. The summed E-state index contributed by atoms with van der Waals surface area (Å²) in [5, 5.41) is 0. The molecule has 1 saturated heterocycles. The zero-order chi connectivity index (χ0) is 14.7. The molecular formula is C14H21BrN4O. The third kappa shape index (κ3) is 3.30. The number of rotatable bonds is 3. The molecule has 1 aliphatic rings. The number of nitrogens with one attached hydrogen (secondary N) is 1. The van der Waals surface area contributed by atoms with Crippen molar-refractivity contribution in [2.24, 2.45) is 17.7 Å². The number of carbonyl (C=O) groups excluding carboxylic acids is 1. The van der Waals surface area contributed by atoms with Crippen LogP contribution in [0.4, 0.5) is 5.82 Å². The summed E-state index contributed by atoms with van der Waals surface area (Å²) in [5.41, 5.74) is 3.01. The third-order valence-electron chi connectivity index (χ3n) is 3.99. The number of pyridine rings is 1. The predicted molar refractivity (Wildman–Crippen MR) is 83.2 cm³/mol. The van der Waals surface area contributed by atoms with Crippen molar-refractivity contribution in [3.63, 3.8) is 0 Å². The van der Waals surface area contributed by atoms with E-state index in [4.69, 9.17) is 5.84 Å². The van der Waals surface area contributed by atoms with Crippen molar-refractivity contribution in [2.45, 2.75) is 26.7 Å². The Morgan fingerprint density at radius 2 is 2.15 bits per heavy atom. The first-order chi connectivity index (χ1) is 9.52. The first-order valence-electron chi connectivity index (χ1n) is 6.94. The van der Waals surface area contributed by atoms with E-state index in [-0.39, 0.29) is 5.91 Å². The SMILES string of the molecule is CC(C)C1CCN(C(=O)c2cc(Br)cnc2NN)CC1. The van der Waals surface area contributed by atoms with Gasteiger partial charge in [-0.15, -0.1) is 0 Å². The number of likely N-dealkylation sites (tertiary alicyclic amines) is 1. The minimum atomic E-state index is -0.00560.